The van der Waals surface area contributed by atoms with E-state index in [1.54, 1.807) is 0 Å². The summed E-state index contributed by atoms with van der Waals surface area (Å²) < 4.78 is 2.43. The van der Waals surface area contributed by atoms with Crippen LogP contribution in [0.3, 0.4) is 0 Å². The molecule has 262 valence electrons. The second-order valence-corrected chi connectivity index (χ2v) is 14.5. The van der Waals surface area contributed by atoms with Crippen molar-refractivity contribution in [1.29, 1.82) is 0 Å². The maximum Gasteiger partial charge on any atom is 0.0546 e. The van der Waals surface area contributed by atoms with Gasteiger partial charge in [-0.15, -0.1) is 0 Å². The van der Waals surface area contributed by atoms with E-state index < -0.39 is 0 Å². The zero-order chi connectivity index (χ0) is 37.0. The van der Waals surface area contributed by atoms with Crippen molar-refractivity contribution >= 4 is 71.2 Å². The van der Waals surface area contributed by atoms with Gasteiger partial charge in [0.05, 0.1) is 22.4 Å². The molecule has 2 heteroatoms. The zero-order valence-corrected chi connectivity index (χ0v) is 30.7. The number of fused-ring (bicyclic) bond motifs is 7. The lowest BCUT2D eigenvalue weighted by Gasteiger charge is -2.30. The quantitative estimate of drug-likeness (QED) is 0.156. The third-order valence-corrected chi connectivity index (χ3v) is 11.3. The maximum absolute atomic E-state index is 2.48. The molecule has 0 radical (unpaired) electrons. The number of benzene rings is 10. The Morgan fingerprint density at radius 3 is 1.61 bits per heavy atom. The molecule has 0 amide bonds. The lowest BCUT2D eigenvalue weighted by Crippen LogP contribution is -2.12. The van der Waals surface area contributed by atoms with Gasteiger partial charge in [-0.1, -0.05) is 170 Å². The highest BCUT2D eigenvalue weighted by Crippen LogP contribution is 2.47. The van der Waals surface area contributed by atoms with Crippen molar-refractivity contribution in [3.8, 4) is 27.9 Å². The Bertz CT molecular complexity index is 3210. The van der Waals surface area contributed by atoms with Crippen LogP contribution in [0.5, 0.6) is 0 Å². The first-order valence-electron chi connectivity index (χ1n) is 19.3. The van der Waals surface area contributed by atoms with E-state index in [9.17, 15) is 0 Å². The fourth-order valence-electron chi connectivity index (χ4n) is 8.83. The molecule has 11 aromatic rings. The van der Waals surface area contributed by atoms with Crippen molar-refractivity contribution in [2.24, 2.45) is 0 Å². The number of hydrogen-bond acceptors (Lipinski definition) is 1. The number of nitrogens with zero attached hydrogens (tertiary/aromatic N) is 2. The number of aromatic nitrogens is 1. The van der Waals surface area contributed by atoms with Gasteiger partial charge in [-0.25, -0.2) is 0 Å². The summed E-state index contributed by atoms with van der Waals surface area (Å²) in [5.74, 6) is 0. The van der Waals surface area contributed by atoms with Crippen LogP contribution in [-0.2, 0) is 0 Å². The molecule has 0 aliphatic rings. The molecule has 0 aliphatic carbocycles. The molecule has 11 rings (SSSR count). The fourth-order valence-corrected chi connectivity index (χ4v) is 8.83. The lowest BCUT2D eigenvalue weighted by molar-refractivity contribution is 1.19. The molecule has 1 aromatic heterocycles. The molecule has 0 spiro atoms. The third kappa shape index (κ3) is 5.19. The van der Waals surface area contributed by atoms with Crippen LogP contribution in [-0.4, -0.2) is 4.57 Å². The summed E-state index contributed by atoms with van der Waals surface area (Å²) in [7, 11) is 0. The van der Waals surface area contributed by atoms with Crippen LogP contribution in [0.15, 0.2) is 218 Å². The van der Waals surface area contributed by atoms with Gasteiger partial charge in [0.1, 0.15) is 0 Å². The Morgan fingerprint density at radius 2 is 0.857 bits per heavy atom. The van der Waals surface area contributed by atoms with E-state index in [1.165, 1.54) is 70.8 Å². The molecule has 2 nitrogen and oxygen atoms in total. The van der Waals surface area contributed by atoms with E-state index in [1.807, 2.05) is 0 Å². The first kappa shape index (κ1) is 32.0. The summed E-state index contributed by atoms with van der Waals surface area (Å²) >= 11 is 0. The van der Waals surface area contributed by atoms with Crippen molar-refractivity contribution in [3.05, 3.63) is 218 Å². The highest BCUT2D eigenvalue weighted by Gasteiger charge is 2.23. The minimum atomic E-state index is 1.10. The van der Waals surface area contributed by atoms with Gasteiger partial charge >= 0.3 is 0 Å². The standard InChI is InChI=1S/C54H36N2/c1-2-17-37(18-3-1)38-21-16-22-41(33-38)55(54-35-40-20-5-6-23-43(40)45-25-8-9-26-46(45)54)53-32-15-12-29-49(53)50-36-42(34-39-19-4-7-24-44(39)50)56-51-30-13-10-27-47(51)48-28-11-14-31-52(48)56/h1-36H. The highest BCUT2D eigenvalue weighted by molar-refractivity contribution is 6.16. The van der Waals surface area contributed by atoms with E-state index in [-0.39, 0.29) is 0 Å². The SMILES string of the molecule is c1ccc(-c2cccc(N(c3ccccc3-c3cc(-n4c5ccccc5c5ccccc54)cc4ccccc34)c3cc4ccccc4c4ccccc34)c2)cc1. The fraction of sp³-hybridized carbons (Fsp3) is 0. The van der Waals surface area contributed by atoms with E-state index in [4.69, 9.17) is 0 Å². The molecule has 1 heterocycles. The van der Waals surface area contributed by atoms with Crippen LogP contribution in [0.25, 0.3) is 82.1 Å². The number of rotatable bonds is 6. The van der Waals surface area contributed by atoms with E-state index in [0.717, 1.165) is 28.3 Å². The second-order valence-electron chi connectivity index (χ2n) is 14.5. The molecule has 0 aliphatic heterocycles. The van der Waals surface area contributed by atoms with Crippen molar-refractivity contribution in [2.75, 3.05) is 4.90 Å². The van der Waals surface area contributed by atoms with Gasteiger partial charge in [0.25, 0.3) is 0 Å². The molecule has 10 aromatic carbocycles. The van der Waals surface area contributed by atoms with Crippen LogP contribution in [0.1, 0.15) is 0 Å². The topological polar surface area (TPSA) is 8.17 Å². The van der Waals surface area contributed by atoms with Crippen molar-refractivity contribution in [3.63, 3.8) is 0 Å². The molecule has 0 saturated heterocycles. The Kier molecular flexibility index (Phi) is 7.53. The Labute approximate surface area is 325 Å². The molecule has 56 heavy (non-hydrogen) atoms. The first-order chi connectivity index (χ1) is 27.8. The number of anilines is 3. The van der Waals surface area contributed by atoms with Gasteiger partial charge in [-0.05, 0) is 92.2 Å². The third-order valence-electron chi connectivity index (χ3n) is 11.3. The van der Waals surface area contributed by atoms with Crippen molar-refractivity contribution < 1.29 is 0 Å². The monoisotopic (exact) mass is 712 g/mol. The summed E-state index contributed by atoms with van der Waals surface area (Å²) in [5.41, 5.74) is 11.6. The molecular formula is C54H36N2. The Hall–Kier alpha value is -7.42. The van der Waals surface area contributed by atoms with Crippen molar-refractivity contribution in [1.82, 2.24) is 4.57 Å². The summed E-state index contributed by atoms with van der Waals surface area (Å²) in [6.45, 7) is 0. The average Bonchev–Trinajstić information content (AvgIpc) is 3.61. The normalized spacial score (nSPS) is 11.6. The molecule has 0 unspecified atom stereocenters. The van der Waals surface area contributed by atoms with Crippen LogP contribution < -0.4 is 4.90 Å². The summed E-state index contributed by atoms with van der Waals surface area (Å²) in [4.78, 5) is 2.48. The van der Waals surface area contributed by atoms with E-state index in [2.05, 4.69) is 228 Å². The van der Waals surface area contributed by atoms with Crippen LogP contribution in [0.4, 0.5) is 17.1 Å². The predicted molar refractivity (Wildman–Crippen MR) is 239 cm³/mol. The van der Waals surface area contributed by atoms with Crippen LogP contribution >= 0.6 is 0 Å². The summed E-state index contributed by atoms with van der Waals surface area (Å²) in [5, 5.41) is 9.83. The minimum absolute atomic E-state index is 1.10. The van der Waals surface area contributed by atoms with E-state index in [0.29, 0.717) is 0 Å². The van der Waals surface area contributed by atoms with Gasteiger partial charge in [0.15, 0.2) is 0 Å². The zero-order valence-electron chi connectivity index (χ0n) is 30.7. The average molecular weight is 713 g/mol. The molecule has 0 saturated carbocycles. The first-order valence-corrected chi connectivity index (χ1v) is 19.3. The smallest absolute Gasteiger partial charge is 0.0546 e. The molecule has 0 bridgehead atoms. The lowest BCUT2D eigenvalue weighted by atomic mass is 9.94. The summed E-state index contributed by atoms with van der Waals surface area (Å²) in [6.07, 6.45) is 0. The number of para-hydroxylation sites is 3. The summed E-state index contributed by atoms with van der Waals surface area (Å²) in [6, 6.07) is 79.7. The maximum atomic E-state index is 2.48. The van der Waals surface area contributed by atoms with Gasteiger partial charge < -0.3 is 9.47 Å². The molecule has 0 N–H and O–H groups in total. The minimum Gasteiger partial charge on any atom is -0.309 e. The largest absolute Gasteiger partial charge is 0.309 e. The Balaban J connectivity index is 1.22. The Morgan fingerprint density at radius 1 is 0.304 bits per heavy atom. The molecule has 0 fully saturated rings. The molecule has 0 atom stereocenters. The highest BCUT2D eigenvalue weighted by atomic mass is 15.1. The molecular weight excluding hydrogens is 677 g/mol. The van der Waals surface area contributed by atoms with Gasteiger partial charge in [-0.3, -0.25) is 0 Å². The van der Waals surface area contributed by atoms with Gasteiger partial charge in [-0.2, -0.15) is 0 Å². The van der Waals surface area contributed by atoms with Gasteiger partial charge in [0.2, 0.25) is 0 Å². The second kappa shape index (κ2) is 13.2. The predicted octanol–water partition coefficient (Wildman–Crippen LogP) is 15.0. The van der Waals surface area contributed by atoms with Crippen LogP contribution in [0.2, 0.25) is 0 Å². The van der Waals surface area contributed by atoms with Gasteiger partial charge in [0, 0.05) is 33.1 Å². The van der Waals surface area contributed by atoms with E-state index >= 15 is 0 Å². The van der Waals surface area contributed by atoms with Crippen molar-refractivity contribution in [2.45, 2.75) is 0 Å². The number of hydrogen-bond donors (Lipinski definition) is 0. The van der Waals surface area contributed by atoms with Crippen LogP contribution in [0, 0.1) is 0 Å².